The van der Waals surface area contributed by atoms with Gasteiger partial charge in [-0.15, -0.1) is 5.10 Å². The van der Waals surface area contributed by atoms with Crippen molar-refractivity contribution in [3.8, 4) is 34.0 Å². The Morgan fingerprint density at radius 2 is 1.97 bits per heavy atom. The first-order chi connectivity index (χ1) is 14.1. The second kappa shape index (κ2) is 6.51. The van der Waals surface area contributed by atoms with Crippen LogP contribution >= 0.6 is 0 Å². The quantitative estimate of drug-likeness (QED) is 0.483. The lowest BCUT2D eigenvalue weighted by Crippen LogP contribution is -1.92. The molecule has 144 valence electrons. The second-order valence-electron chi connectivity index (χ2n) is 6.23. The molecule has 0 aliphatic rings. The number of anilines is 1. The van der Waals surface area contributed by atoms with Crippen LogP contribution in [0.3, 0.4) is 0 Å². The zero-order valence-electron chi connectivity index (χ0n) is 15.0. The van der Waals surface area contributed by atoms with Gasteiger partial charge in [-0.3, -0.25) is 9.50 Å². The maximum Gasteiger partial charge on any atom is 0.315 e. The largest absolute Gasteiger partial charge is 0.402 e. The van der Waals surface area contributed by atoms with E-state index in [1.54, 1.807) is 23.8 Å². The van der Waals surface area contributed by atoms with Crippen molar-refractivity contribution >= 4 is 11.7 Å². The van der Waals surface area contributed by atoms with Crippen LogP contribution in [-0.4, -0.2) is 36.8 Å². The number of halogens is 2. The van der Waals surface area contributed by atoms with Gasteiger partial charge in [0.25, 0.3) is 5.89 Å². The Hall–Kier alpha value is -4.08. The number of hydrogen-bond donors (Lipinski definition) is 2. The topological polar surface area (TPSA) is 96.9 Å². The third kappa shape index (κ3) is 2.81. The summed E-state index contributed by atoms with van der Waals surface area (Å²) in [6, 6.07) is 7.36. The van der Waals surface area contributed by atoms with E-state index in [9.17, 15) is 8.78 Å². The average Bonchev–Trinajstić information content (AvgIpc) is 3.46. The molecule has 0 saturated carbocycles. The van der Waals surface area contributed by atoms with Crippen molar-refractivity contribution in [3.63, 3.8) is 0 Å². The molecule has 10 heteroatoms. The highest BCUT2D eigenvalue weighted by atomic mass is 19.1. The summed E-state index contributed by atoms with van der Waals surface area (Å²) in [6.45, 7) is 0. The smallest absolute Gasteiger partial charge is 0.315 e. The fraction of sp³-hybridized carbons (Fsp3) is 0.0526. The molecule has 4 aromatic heterocycles. The maximum atomic E-state index is 14.3. The van der Waals surface area contributed by atoms with Gasteiger partial charge in [0.2, 0.25) is 0 Å². The minimum Gasteiger partial charge on any atom is -0.402 e. The van der Waals surface area contributed by atoms with Gasteiger partial charge >= 0.3 is 6.01 Å². The molecule has 0 fully saturated rings. The normalized spacial score (nSPS) is 11.3. The van der Waals surface area contributed by atoms with Crippen molar-refractivity contribution in [1.82, 2.24) is 29.8 Å². The number of benzene rings is 1. The van der Waals surface area contributed by atoms with Crippen molar-refractivity contribution in [2.45, 2.75) is 0 Å². The van der Waals surface area contributed by atoms with E-state index in [4.69, 9.17) is 4.42 Å². The summed E-state index contributed by atoms with van der Waals surface area (Å²) in [5, 5.41) is 17.5. The molecule has 4 heterocycles. The number of fused-ring (bicyclic) bond motifs is 1. The zero-order chi connectivity index (χ0) is 20.0. The fourth-order valence-corrected chi connectivity index (χ4v) is 3.13. The molecule has 2 N–H and O–H groups in total. The van der Waals surface area contributed by atoms with Crippen LogP contribution in [0, 0.1) is 11.6 Å². The van der Waals surface area contributed by atoms with E-state index in [0.717, 1.165) is 11.6 Å². The van der Waals surface area contributed by atoms with Crippen molar-refractivity contribution < 1.29 is 13.2 Å². The predicted octanol–water partition coefficient (Wildman–Crippen LogP) is 3.76. The number of aromatic amines is 1. The van der Waals surface area contributed by atoms with Gasteiger partial charge in [0, 0.05) is 36.0 Å². The van der Waals surface area contributed by atoms with Gasteiger partial charge < -0.3 is 9.73 Å². The summed E-state index contributed by atoms with van der Waals surface area (Å²) in [5.74, 6) is -1.02. The molecule has 1 aromatic carbocycles. The highest BCUT2D eigenvalue weighted by molar-refractivity contribution is 5.81. The van der Waals surface area contributed by atoms with Gasteiger partial charge in [0.1, 0.15) is 23.0 Å². The van der Waals surface area contributed by atoms with Crippen LogP contribution < -0.4 is 5.32 Å². The number of hydrogen-bond acceptors (Lipinski definition) is 6. The molecule has 0 aliphatic heterocycles. The average molecular weight is 393 g/mol. The second-order valence-corrected chi connectivity index (χ2v) is 6.23. The summed E-state index contributed by atoms with van der Waals surface area (Å²) >= 11 is 0. The van der Waals surface area contributed by atoms with Crippen LogP contribution in [0.2, 0.25) is 0 Å². The first-order valence-electron chi connectivity index (χ1n) is 8.62. The number of imidazole rings is 1. The lowest BCUT2D eigenvalue weighted by molar-refractivity contribution is 0.582. The number of H-pyrrole nitrogens is 1. The molecule has 0 aliphatic carbocycles. The first-order valence-corrected chi connectivity index (χ1v) is 8.62. The van der Waals surface area contributed by atoms with Crippen LogP contribution in [0.15, 0.2) is 53.3 Å². The number of pyridine rings is 1. The molecule has 8 nitrogen and oxygen atoms in total. The minimum atomic E-state index is -0.676. The van der Waals surface area contributed by atoms with Gasteiger partial charge in [-0.2, -0.15) is 5.10 Å². The Kier molecular flexibility index (Phi) is 3.83. The third-order valence-corrected chi connectivity index (χ3v) is 4.51. The molecule has 0 spiro atoms. The van der Waals surface area contributed by atoms with Gasteiger partial charge in [-0.1, -0.05) is 5.10 Å². The summed E-state index contributed by atoms with van der Waals surface area (Å²) in [6.07, 6.45) is 5.03. The molecular formula is C19H13F2N7O. The molecule has 0 unspecified atom stereocenters. The lowest BCUT2D eigenvalue weighted by atomic mass is 10.0. The van der Waals surface area contributed by atoms with Crippen LogP contribution in [0.1, 0.15) is 0 Å². The van der Waals surface area contributed by atoms with Crippen LogP contribution in [0.4, 0.5) is 14.8 Å². The van der Waals surface area contributed by atoms with E-state index in [1.807, 2.05) is 18.3 Å². The SMILES string of the molecule is CNc1nnc(-c2cnc3ccc(-c4cn[nH]c4-c4ccc(F)cc4F)cn23)o1. The molecule has 0 bridgehead atoms. The van der Waals surface area contributed by atoms with Crippen LogP contribution in [0.25, 0.3) is 39.6 Å². The van der Waals surface area contributed by atoms with Gasteiger partial charge in [0.05, 0.1) is 18.1 Å². The maximum absolute atomic E-state index is 14.3. The van der Waals surface area contributed by atoms with Gasteiger partial charge in [-0.05, 0) is 24.3 Å². The summed E-state index contributed by atoms with van der Waals surface area (Å²) in [4.78, 5) is 4.35. The van der Waals surface area contributed by atoms with E-state index < -0.39 is 11.6 Å². The molecule has 5 rings (SSSR count). The molecular weight excluding hydrogens is 380 g/mol. The van der Waals surface area contributed by atoms with Crippen molar-refractivity contribution in [3.05, 3.63) is 60.6 Å². The van der Waals surface area contributed by atoms with Crippen molar-refractivity contribution in [1.29, 1.82) is 0 Å². The van der Waals surface area contributed by atoms with E-state index in [-0.39, 0.29) is 11.6 Å². The van der Waals surface area contributed by atoms with E-state index in [1.165, 1.54) is 12.1 Å². The Bertz CT molecular complexity index is 1340. The van der Waals surface area contributed by atoms with Crippen LogP contribution in [0.5, 0.6) is 0 Å². The van der Waals surface area contributed by atoms with E-state index in [0.29, 0.717) is 28.5 Å². The number of aromatic nitrogens is 6. The third-order valence-electron chi connectivity index (χ3n) is 4.51. The highest BCUT2D eigenvalue weighted by Crippen LogP contribution is 2.33. The number of rotatable bonds is 4. The predicted molar refractivity (Wildman–Crippen MR) is 101 cm³/mol. The molecule has 29 heavy (non-hydrogen) atoms. The standard InChI is InChI=1S/C19H13F2N7O/c1-22-19-27-26-18(29-19)15-8-23-16-5-2-10(9-28(15)16)13-7-24-25-17(13)12-4-3-11(20)6-14(12)21/h2-9H,1H3,(H,22,27)(H,24,25). The molecule has 0 atom stereocenters. The molecule has 0 amide bonds. The molecule has 0 saturated heterocycles. The summed E-state index contributed by atoms with van der Waals surface area (Å²) in [7, 11) is 1.68. The molecule has 5 aromatic rings. The minimum absolute atomic E-state index is 0.223. The molecule has 0 radical (unpaired) electrons. The van der Waals surface area contributed by atoms with Crippen molar-refractivity contribution in [2.75, 3.05) is 12.4 Å². The highest BCUT2D eigenvalue weighted by Gasteiger charge is 2.17. The Morgan fingerprint density at radius 3 is 2.76 bits per heavy atom. The van der Waals surface area contributed by atoms with Crippen LogP contribution in [-0.2, 0) is 0 Å². The Morgan fingerprint density at radius 1 is 1.07 bits per heavy atom. The van der Waals surface area contributed by atoms with E-state index >= 15 is 0 Å². The zero-order valence-corrected chi connectivity index (χ0v) is 15.0. The fourth-order valence-electron chi connectivity index (χ4n) is 3.13. The lowest BCUT2D eigenvalue weighted by Gasteiger charge is -2.07. The van der Waals surface area contributed by atoms with Crippen molar-refractivity contribution in [2.24, 2.45) is 0 Å². The summed E-state index contributed by atoms with van der Waals surface area (Å²) < 4.78 is 34.9. The van der Waals surface area contributed by atoms with Gasteiger partial charge in [-0.25, -0.2) is 13.8 Å². The monoisotopic (exact) mass is 393 g/mol. The number of nitrogens with one attached hydrogen (secondary N) is 2. The van der Waals surface area contributed by atoms with E-state index in [2.05, 4.69) is 30.7 Å². The summed E-state index contributed by atoms with van der Waals surface area (Å²) in [5.41, 5.74) is 3.34. The Labute approximate surface area is 162 Å². The first kappa shape index (κ1) is 17.0. The number of nitrogens with zero attached hydrogens (tertiary/aromatic N) is 5. The van der Waals surface area contributed by atoms with Gasteiger partial charge in [0.15, 0.2) is 0 Å². The Balaban J connectivity index is 1.64.